The Morgan fingerprint density at radius 1 is 1.67 bits per heavy atom. The van der Waals surface area contributed by atoms with Crippen molar-refractivity contribution in [1.82, 2.24) is 4.72 Å². The second-order valence-corrected chi connectivity index (χ2v) is 4.12. The predicted molar refractivity (Wildman–Crippen MR) is 41.0 cm³/mol. The zero-order chi connectivity index (χ0) is 7.33. The van der Waals surface area contributed by atoms with Gasteiger partial charge in [-0.2, -0.15) is 5.26 Å². The van der Waals surface area contributed by atoms with E-state index in [1.165, 1.54) is 0 Å². The first kappa shape index (κ1) is 8.80. The molecule has 0 spiro atoms. The van der Waals surface area contributed by atoms with Crippen LogP contribution in [0.2, 0.25) is 0 Å². The highest BCUT2D eigenvalue weighted by molar-refractivity contribution is 7.98. The third-order valence-corrected chi connectivity index (χ3v) is 1.78. The molecular weight excluding hydrogens is 132 g/mol. The fraction of sp³-hybridized carbons (Fsp3) is 0.833. The fourth-order valence-electron chi connectivity index (χ4n) is 0.503. The van der Waals surface area contributed by atoms with E-state index in [1.54, 1.807) is 11.9 Å². The molecule has 0 aromatic rings. The van der Waals surface area contributed by atoms with Crippen molar-refractivity contribution < 1.29 is 0 Å². The fourth-order valence-corrected chi connectivity index (χ4v) is 1.19. The van der Waals surface area contributed by atoms with Crippen LogP contribution in [0, 0.1) is 11.3 Å². The van der Waals surface area contributed by atoms with Crippen molar-refractivity contribution in [2.45, 2.75) is 25.0 Å². The molecule has 0 fully saturated rings. The lowest BCUT2D eigenvalue weighted by atomic mass is 10.1. The van der Waals surface area contributed by atoms with Crippen LogP contribution in [0.25, 0.3) is 0 Å². The van der Waals surface area contributed by atoms with Gasteiger partial charge in [-0.3, -0.25) is 4.72 Å². The van der Waals surface area contributed by atoms with Crippen molar-refractivity contribution in [3.05, 3.63) is 0 Å². The molecule has 0 heterocycles. The smallest absolute Gasteiger partial charge is 0.0636 e. The monoisotopic (exact) mass is 144 g/mol. The first-order chi connectivity index (χ1) is 4.12. The highest BCUT2D eigenvalue weighted by Gasteiger charge is 2.16. The first-order valence-electron chi connectivity index (χ1n) is 2.84. The van der Waals surface area contributed by atoms with E-state index in [1.807, 2.05) is 20.9 Å². The van der Waals surface area contributed by atoms with Crippen LogP contribution < -0.4 is 4.72 Å². The van der Waals surface area contributed by atoms with Gasteiger partial charge in [-0.1, -0.05) is 11.9 Å². The number of nitriles is 1. The molecule has 0 radical (unpaired) electrons. The van der Waals surface area contributed by atoms with Crippen LogP contribution >= 0.6 is 11.9 Å². The summed E-state index contributed by atoms with van der Waals surface area (Å²) < 4.78 is 3.00. The molecule has 0 bridgehead atoms. The molecule has 9 heavy (non-hydrogen) atoms. The van der Waals surface area contributed by atoms with Gasteiger partial charge in [0.25, 0.3) is 0 Å². The van der Waals surface area contributed by atoms with Crippen LogP contribution in [0.15, 0.2) is 0 Å². The van der Waals surface area contributed by atoms with Gasteiger partial charge in [0.05, 0.1) is 12.5 Å². The molecule has 0 aromatic carbocycles. The van der Waals surface area contributed by atoms with Gasteiger partial charge in [0.15, 0.2) is 0 Å². The molecule has 0 unspecified atom stereocenters. The lowest BCUT2D eigenvalue weighted by Crippen LogP contribution is -2.17. The Hall–Kier alpha value is -0.200. The Labute approximate surface area is 60.8 Å². The van der Waals surface area contributed by atoms with Crippen molar-refractivity contribution in [3.8, 4) is 6.07 Å². The zero-order valence-corrected chi connectivity index (χ0v) is 6.88. The van der Waals surface area contributed by atoms with Gasteiger partial charge in [0, 0.05) is 4.75 Å². The number of nitrogens with one attached hydrogen (secondary N) is 1. The molecule has 2 nitrogen and oxygen atoms in total. The van der Waals surface area contributed by atoms with Gasteiger partial charge in [-0.05, 0) is 20.9 Å². The van der Waals surface area contributed by atoms with Crippen LogP contribution in [0.4, 0.5) is 0 Å². The summed E-state index contributed by atoms with van der Waals surface area (Å²) in [5.41, 5.74) is 0. The second-order valence-electron chi connectivity index (χ2n) is 2.40. The van der Waals surface area contributed by atoms with Crippen LogP contribution in [-0.4, -0.2) is 11.8 Å². The highest BCUT2D eigenvalue weighted by Crippen LogP contribution is 2.23. The van der Waals surface area contributed by atoms with E-state index < -0.39 is 0 Å². The SMILES string of the molecule is CNSC(C)(C)CC#N. The van der Waals surface area contributed by atoms with E-state index in [0.29, 0.717) is 6.42 Å². The van der Waals surface area contributed by atoms with Crippen LogP contribution in [0.1, 0.15) is 20.3 Å². The van der Waals surface area contributed by atoms with E-state index >= 15 is 0 Å². The average Bonchev–Trinajstić information content (AvgIpc) is 1.64. The predicted octanol–water partition coefficient (Wildman–Crippen LogP) is 1.55. The molecule has 0 atom stereocenters. The van der Waals surface area contributed by atoms with Crippen molar-refractivity contribution >= 4 is 11.9 Å². The molecule has 0 aromatic heterocycles. The van der Waals surface area contributed by atoms with Gasteiger partial charge in [-0.15, -0.1) is 0 Å². The Morgan fingerprint density at radius 2 is 2.22 bits per heavy atom. The standard InChI is InChI=1S/C6H12N2S/c1-6(2,4-5-7)9-8-3/h8H,4H2,1-3H3. The summed E-state index contributed by atoms with van der Waals surface area (Å²) in [6.07, 6.45) is 0.582. The number of hydrogen-bond donors (Lipinski definition) is 1. The molecule has 0 aliphatic carbocycles. The maximum atomic E-state index is 8.34. The molecule has 52 valence electrons. The summed E-state index contributed by atoms with van der Waals surface area (Å²) in [4.78, 5) is 0. The minimum atomic E-state index is 0.0451. The molecule has 1 N–H and O–H groups in total. The molecule has 3 heteroatoms. The van der Waals surface area contributed by atoms with Crippen LogP contribution in [0.3, 0.4) is 0 Å². The molecule has 0 amide bonds. The van der Waals surface area contributed by atoms with Gasteiger partial charge >= 0.3 is 0 Å². The molecule has 0 aliphatic rings. The molecule has 0 saturated carbocycles. The zero-order valence-electron chi connectivity index (χ0n) is 6.06. The summed E-state index contributed by atoms with van der Waals surface area (Å²) in [7, 11) is 1.86. The number of rotatable bonds is 3. The minimum absolute atomic E-state index is 0.0451. The Morgan fingerprint density at radius 3 is 2.56 bits per heavy atom. The lowest BCUT2D eigenvalue weighted by Gasteiger charge is -2.18. The van der Waals surface area contributed by atoms with E-state index in [0.717, 1.165) is 0 Å². The summed E-state index contributed by atoms with van der Waals surface area (Å²) in [5.74, 6) is 0. The summed E-state index contributed by atoms with van der Waals surface area (Å²) in [6, 6.07) is 2.13. The Balaban J connectivity index is 3.59. The number of nitrogens with zero attached hydrogens (tertiary/aromatic N) is 1. The third kappa shape index (κ3) is 4.31. The maximum Gasteiger partial charge on any atom is 0.0636 e. The Bertz CT molecular complexity index is 115. The third-order valence-electron chi connectivity index (χ3n) is 0.883. The van der Waals surface area contributed by atoms with Crippen LogP contribution in [-0.2, 0) is 0 Å². The number of hydrogen-bond acceptors (Lipinski definition) is 3. The normalized spacial score (nSPS) is 10.9. The van der Waals surface area contributed by atoms with Crippen molar-refractivity contribution in [3.63, 3.8) is 0 Å². The van der Waals surface area contributed by atoms with Crippen molar-refractivity contribution in [2.75, 3.05) is 7.05 Å². The van der Waals surface area contributed by atoms with E-state index in [2.05, 4.69) is 10.8 Å². The van der Waals surface area contributed by atoms with Gasteiger partial charge in [-0.25, -0.2) is 0 Å². The molecule has 0 rings (SSSR count). The molecule has 0 saturated heterocycles. The summed E-state index contributed by atoms with van der Waals surface area (Å²) >= 11 is 1.59. The second kappa shape index (κ2) is 3.76. The largest absolute Gasteiger partial charge is 0.267 e. The first-order valence-corrected chi connectivity index (χ1v) is 3.66. The van der Waals surface area contributed by atoms with Gasteiger partial charge in [0.1, 0.15) is 0 Å². The summed E-state index contributed by atoms with van der Waals surface area (Å²) in [6.45, 7) is 4.08. The van der Waals surface area contributed by atoms with E-state index in [9.17, 15) is 0 Å². The van der Waals surface area contributed by atoms with E-state index in [4.69, 9.17) is 5.26 Å². The van der Waals surface area contributed by atoms with Crippen molar-refractivity contribution in [1.29, 1.82) is 5.26 Å². The Kier molecular flexibility index (Phi) is 3.67. The lowest BCUT2D eigenvalue weighted by molar-refractivity contribution is 0.729. The molecule has 0 aliphatic heterocycles. The summed E-state index contributed by atoms with van der Waals surface area (Å²) in [5, 5.41) is 8.34. The van der Waals surface area contributed by atoms with Crippen LogP contribution in [0.5, 0.6) is 0 Å². The maximum absolute atomic E-state index is 8.34. The van der Waals surface area contributed by atoms with E-state index in [-0.39, 0.29) is 4.75 Å². The van der Waals surface area contributed by atoms with Gasteiger partial charge in [0.2, 0.25) is 0 Å². The average molecular weight is 144 g/mol. The van der Waals surface area contributed by atoms with Crippen molar-refractivity contribution in [2.24, 2.45) is 0 Å². The minimum Gasteiger partial charge on any atom is -0.267 e. The van der Waals surface area contributed by atoms with Gasteiger partial charge < -0.3 is 0 Å². The highest BCUT2D eigenvalue weighted by atomic mass is 32.2. The quantitative estimate of drug-likeness (QED) is 0.610. The topological polar surface area (TPSA) is 35.8 Å². The molecular formula is C6H12N2S.